The van der Waals surface area contributed by atoms with Gasteiger partial charge in [-0.3, -0.25) is 0 Å². The lowest BCUT2D eigenvalue weighted by Gasteiger charge is -2.28. The SMILES string of the molecule is CN(CC1CCCN1C)c1ccc(Br)cc1CN. The summed E-state index contributed by atoms with van der Waals surface area (Å²) in [5, 5.41) is 0. The maximum absolute atomic E-state index is 5.83. The predicted octanol–water partition coefficient (Wildman–Crippen LogP) is 2.44. The van der Waals surface area contributed by atoms with Gasteiger partial charge in [0.2, 0.25) is 0 Å². The lowest BCUT2D eigenvalue weighted by Crippen LogP contribution is -2.37. The van der Waals surface area contributed by atoms with Gasteiger partial charge in [0.15, 0.2) is 0 Å². The van der Waals surface area contributed by atoms with E-state index >= 15 is 0 Å². The van der Waals surface area contributed by atoms with Crippen LogP contribution in [0.15, 0.2) is 22.7 Å². The Morgan fingerprint density at radius 3 is 2.89 bits per heavy atom. The third-order valence-electron chi connectivity index (χ3n) is 3.83. The zero-order chi connectivity index (χ0) is 13.1. The first-order valence-electron chi connectivity index (χ1n) is 6.51. The smallest absolute Gasteiger partial charge is 0.0410 e. The van der Waals surface area contributed by atoms with Crippen molar-refractivity contribution in [1.29, 1.82) is 0 Å². The van der Waals surface area contributed by atoms with Crippen molar-refractivity contribution in [3.8, 4) is 0 Å². The number of hydrogen-bond donors (Lipinski definition) is 1. The number of nitrogens with zero attached hydrogens (tertiary/aromatic N) is 2. The van der Waals surface area contributed by atoms with E-state index in [1.54, 1.807) is 0 Å². The van der Waals surface area contributed by atoms with Crippen molar-refractivity contribution in [2.45, 2.75) is 25.4 Å². The minimum Gasteiger partial charge on any atom is -0.373 e. The molecule has 0 aliphatic carbocycles. The molecule has 1 atom stereocenters. The van der Waals surface area contributed by atoms with Gasteiger partial charge in [0.05, 0.1) is 0 Å². The molecule has 2 rings (SSSR count). The molecule has 0 radical (unpaired) electrons. The summed E-state index contributed by atoms with van der Waals surface area (Å²) in [7, 11) is 4.38. The highest BCUT2D eigenvalue weighted by atomic mass is 79.9. The van der Waals surface area contributed by atoms with Crippen LogP contribution in [0.25, 0.3) is 0 Å². The van der Waals surface area contributed by atoms with E-state index in [0.29, 0.717) is 12.6 Å². The second-order valence-electron chi connectivity index (χ2n) is 5.13. The summed E-state index contributed by atoms with van der Waals surface area (Å²) in [5.41, 5.74) is 8.29. The summed E-state index contributed by atoms with van der Waals surface area (Å²) >= 11 is 3.50. The summed E-state index contributed by atoms with van der Waals surface area (Å²) < 4.78 is 1.10. The van der Waals surface area contributed by atoms with Gasteiger partial charge in [-0.05, 0) is 50.2 Å². The van der Waals surface area contributed by atoms with Crippen LogP contribution in [-0.2, 0) is 6.54 Å². The second kappa shape index (κ2) is 6.04. The fourth-order valence-electron chi connectivity index (χ4n) is 2.71. The molecular formula is C14H22BrN3. The molecule has 18 heavy (non-hydrogen) atoms. The Kier molecular flexibility index (Phi) is 4.65. The van der Waals surface area contributed by atoms with Gasteiger partial charge in [0.25, 0.3) is 0 Å². The molecule has 1 heterocycles. The van der Waals surface area contributed by atoms with E-state index in [1.165, 1.54) is 30.6 Å². The average molecular weight is 312 g/mol. The van der Waals surface area contributed by atoms with Crippen LogP contribution in [0.1, 0.15) is 18.4 Å². The van der Waals surface area contributed by atoms with Gasteiger partial charge in [-0.1, -0.05) is 15.9 Å². The largest absolute Gasteiger partial charge is 0.373 e. The normalized spacial score (nSPS) is 20.3. The molecule has 1 unspecified atom stereocenters. The van der Waals surface area contributed by atoms with Crippen molar-refractivity contribution in [2.75, 3.05) is 32.1 Å². The van der Waals surface area contributed by atoms with Crippen LogP contribution in [-0.4, -0.2) is 38.1 Å². The van der Waals surface area contributed by atoms with Gasteiger partial charge in [-0.15, -0.1) is 0 Å². The average Bonchev–Trinajstić information content (AvgIpc) is 2.74. The molecule has 1 aliphatic rings. The van der Waals surface area contributed by atoms with Gasteiger partial charge in [0.1, 0.15) is 0 Å². The monoisotopic (exact) mass is 311 g/mol. The van der Waals surface area contributed by atoms with Gasteiger partial charge in [-0.25, -0.2) is 0 Å². The third-order valence-corrected chi connectivity index (χ3v) is 4.32. The van der Waals surface area contributed by atoms with Crippen molar-refractivity contribution in [1.82, 2.24) is 4.90 Å². The molecule has 4 heteroatoms. The maximum Gasteiger partial charge on any atom is 0.0410 e. The molecular weight excluding hydrogens is 290 g/mol. The van der Waals surface area contributed by atoms with E-state index in [-0.39, 0.29) is 0 Å². The molecule has 0 spiro atoms. The Morgan fingerprint density at radius 1 is 1.50 bits per heavy atom. The zero-order valence-corrected chi connectivity index (χ0v) is 12.8. The topological polar surface area (TPSA) is 32.5 Å². The van der Waals surface area contributed by atoms with E-state index in [0.717, 1.165) is 11.0 Å². The van der Waals surface area contributed by atoms with Crippen LogP contribution in [0.5, 0.6) is 0 Å². The maximum atomic E-state index is 5.83. The second-order valence-corrected chi connectivity index (χ2v) is 6.05. The number of anilines is 1. The van der Waals surface area contributed by atoms with Crippen molar-refractivity contribution >= 4 is 21.6 Å². The van der Waals surface area contributed by atoms with Crippen LogP contribution in [0.4, 0.5) is 5.69 Å². The highest BCUT2D eigenvalue weighted by Gasteiger charge is 2.22. The summed E-state index contributed by atoms with van der Waals surface area (Å²) in [6.07, 6.45) is 2.62. The highest BCUT2D eigenvalue weighted by molar-refractivity contribution is 9.10. The summed E-state index contributed by atoms with van der Waals surface area (Å²) in [4.78, 5) is 4.79. The fourth-order valence-corrected chi connectivity index (χ4v) is 3.12. The van der Waals surface area contributed by atoms with Gasteiger partial charge in [-0.2, -0.15) is 0 Å². The van der Waals surface area contributed by atoms with Crippen LogP contribution < -0.4 is 10.6 Å². The molecule has 1 fully saturated rings. The fraction of sp³-hybridized carbons (Fsp3) is 0.571. The lowest BCUT2D eigenvalue weighted by atomic mass is 10.1. The number of hydrogen-bond acceptors (Lipinski definition) is 3. The van der Waals surface area contributed by atoms with Gasteiger partial charge in [0, 0.05) is 36.3 Å². The van der Waals surface area contributed by atoms with Crippen LogP contribution >= 0.6 is 15.9 Å². The minimum absolute atomic E-state index is 0.583. The first-order chi connectivity index (χ1) is 8.61. The van der Waals surface area contributed by atoms with Crippen molar-refractivity contribution in [2.24, 2.45) is 5.73 Å². The molecule has 0 amide bonds. The molecule has 0 aromatic heterocycles. The number of nitrogens with two attached hydrogens (primary N) is 1. The molecule has 3 nitrogen and oxygen atoms in total. The standard InChI is InChI=1S/C14H22BrN3/c1-17-7-3-4-13(17)10-18(2)14-6-5-12(15)8-11(14)9-16/h5-6,8,13H,3-4,7,9-10,16H2,1-2H3. The van der Waals surface area contributed by atoms with E-state index in [1.807, 2.05) is 0 Å². The van der Waals surface area contributed by atoms with E-state index in [4.69, 9.17) is 5.73 Å². The molecule has 1 saturated heterocycles. The molecule has 0 saturated carbocycles. The minimum atomic E-state index is 0.583. The van der Waals surface area contributed by atoms with Crippen molar-refractivity contribution < 1.29 is 0 Å². The number of benzene rings is 1. The molecule has 0 bridgehead atoms. The molecule has 1 aromatic carbocycles. The quantitative estimate of drug-likeness (QED) is 0.927. The van der Waals surface area contributed by atoms with Crippen LogP contribution in [0, 0.1) is 0 Å². The van der Waals surface area contributed by atoms with Crippen molar-refractivity contribution in [3.63, 3.8) is 0 Å². The summed E-state index contributed by atoms with van der Waals surface area (Å²) in [6, 6.07) is 7.03. The van der Waals surface area contributed by atoms with E-state index in [2.05, 4.69) is 58.0 Å². The molecule has 100 valence electrons. The first-order valence-corrected chi connectivity index (χ1v) is 7.31. The Bertz CT molecular complexity index is 408. The number of likely N-dealkylation sites (tertiary alicyclic amines) is 1. The molecule has 1 aromatic rings. The highest BCUT2D eigenvalue weighted by Crippen LogP contribution is 2.25. The Labute approximate surface area is 118 Å². The third kappa shape index (κ3) is 3.05. The summed E-state index contributed by atoms with van der Waals surface area (Å²) in [5.74, 6) is 0. The molecule has 2 N–H and O–H groups in total. The number of halogens is 1. The van der Waals surface area contributed by atoms with E-state index in [9.17, 15) is 0 Å². The Hall–Kier alpha value is -0.580. The van der Waals surface area contributed by atoms with Gasteiger partial charge >= 0.3 is 0 Å². The van der Waals surface area contributed by atoms with Crippen LogP contribution in [0.2, 0.25) is 0 Å². The predicted molar refractivity (Wildman–Crippen MR) is 81.0 cm³/mol. The number of rotatable bonds is 4. The Morgan fingerprint density at radius 2 is 2.28 bits per heavy atom. The molecule has 1 aliphatic heterocycles. The van der Waals surface area contributed by atoms with Crippen molar-refractivity contribution in [3.05, 3.63) is 28.2 Å². The van der Waals surface area contributed by atoms with E-state index < -0.39 is 0 Å². The lowest BCUT2D eigenvalue weighted by molar-refractivity contribution is 0.314. The zero-order valence-electron chi connectivity index (χ0n) is 11.2. The number of likely N-dealkylation sites (N-methyl/N-ethyl adjacent to an activating group) is 2. The van der Waals surface area contributed by atoms with Crippen LogP contribution in [0.3, 0.4) is 0 Å². The summed E-state index contributed by atoms with van der Waals surface area (Å²) in [6.45, 7) is 2.88. The first kappa shape index (κ1) is 13.8. The van der Waals surface area contributed by atoms with Gasteiger partial charge < -0.3 is 15.5 Å². The Balaban J connectivity index is 2.10.